The summed E-state index contributed by atoms with van der Waals surface area (Å²) in [5.41, 5.74) is 2.63. The van der Waals surface area contributed by atoms with Gasteiger partial charge in [0.15, 0.2) is 0 Å². The summed E-state index contributed by atoms with van der Waals surface area (Å²) in [5.74, 6) is 2.21. The molecule has 2 fully saturated rings. The average molecular weight is 450 g/mol. The second-order valence-electron chi connectivity index (χ2n) is 10.3. The van der Waals surface area contributed by atoms with Crippen molar-refractivity contribution in [2.45, 2.75) is 71.3 Å². The van der Waals surface area contributed by atoms with Crippen molar-refractivity contribution in [1.29, 1.82) is 0 Å². The van der Waals surface area contributed by atoms with Crippen LogP contribution in [0.5, 0.6) is 5.75 Å². The topological polar surface area (TPSA) is 70.6 Å². The highest BCUT2D eigenvalue weighted by Gasteiger charge is 2.43. The molecule has 2 aliphatic heterocycles. The first-order valence-corrected chi connectivity index (χ1v) is 12.4. The third-order valence-corrected chi connectivity index (χ3v) is 7.34. The van der Waals surface area contributed by atoms with Crippen molar-refractivity contribution < 1.29 is 9.53 Å². The van der Waals surface area contributed by atoms with Gasteiger partial charge in [0.25, 0.3) is 0 Å². The van der Waals surface area contributed by atoms with E-state index in [0.717, 1.165) is 48.7 Å². The van der Waals surface area contributed by atoms with Crippen molar-refractivity contribution in [3.63, 3.8) is 0 Å². The number of nitrogens with one attached hydrogen (secondary N) is 1. The number of nitrogens with zero attached hydrogens (tertiary/aromatic N) is 4. The normalized spacial score (nSPS) is 20.6. The molecule has 2 aromatic rings. The number of anilines is 4. The van der Waals surface area contributed by atoms with Gasteiger partial charge in [0.2, 0.25) is 11.9 Å². The molecule has 0 spiro atoms. The van der Waals surface area contributed by atoms with Crippen molar-refractivity contribution >= 4 is 29.0 Å². The third kappa shape index (κ3) is 4.25. The van der Waals surface area contributed by atoms with E-state index in [1.807, 2.05) is 31.0 Å². The molecule has 7 nitrogen and oxygen atoms in total. The average Bonchev–Trinajstić information content (AvgIpc) is 3.35. The zero-order chi connectivity index (χ0) is 23.0. The number of benzene rings is 1. The molecule has 3 heterocycles. The minimum atomic E-state index is -0.429. The Morgan fingerprint density at radius 3 is 2.58 bits per heavy atom. The van der Waals surface area contributed by atoms with E-state index in [1.165, 1.54) is 37.8 Å². The second kappa shape index (κ2) is 8.84. The number of carbonyl (C=O) groups excluding carboxylic acids is 1. The predicted octanol–water partition coefficient (Wildman–Crippen LogP) is 5.08. The van der Waals surface area contributed by atoms with Crippen LogP contribution in [0, 0.1) is 5.41 Å². The summed E-state index contributed by atoms with van der Waals surface area (Å²) in [6, 6.07) is 6.49. The summed E-state index contributed by atoms with van der Waals surface area (Å²) < 4.78 is 5.70. The van der Waals surface area contributed by atoms with E-state index >= 15 is 0 Å². The van der Waals surface area contributed by atoms with E-state index < -0.39 is 5.41 Å². The molecule has 3 aliphatic rings. The van der Waals surface area contributed by atoms with Crippen LogP contribution in [0.3, 0.4) is 0 Å². The van der Waals surface area contributed by atoms with Gasteiger partial charge in [0.1, 0.15) is 11.6 Å². The quantitative estimate of drug-likeness (QED) is 0.687. The lowest BCUT2D eigenvalue weighted by Gasteiger charge is -2.40. The molecule has 33 heavy (non-hydrogen) atoms. The molecule has 176 valence electrons. The van der Waals surface area contributed by atoms with Crippen LogP contribution < -0.4 is 19.9 Å². The monoisotopic (exact) mass is 449 g/mol. The summed E-state index contributed by atoms with van der Waals surface area (Å²) in [6.07, 6.45) is 10.7. The van der Waals surface area contributed by atoms with E-state index in [2.05, 4.69) is 27.3 Å². The number of hydrogen-bond donors (Lipinski definition) is 1. The largest absolute Gasteiger partial charge is 0.494 e. The van der Waals surface area contributed by atoms with Gasteiger partial charge in [-0.1, -0.05) is 26.7 Å². The van der Waals surface area contributed by atoms with Crippen molar-refractivity contribution in [3.05, 3.63) is 30.0 Å². The van der Waals surface area contributed by atoms with Gasteiger partial charge in [-0.2, -0.15) is 4.98 Å². The summed E-state index contributed by atoms with van der Waals surface area (Å²) in [4.78, 5) is 27.2. The highest BCUT2D eigenvalue weighted by molar-refractivity contribution is 6.00. The fourth-order valence-electron chi connectivity index (χ4n) is 5.52. The Balaban J connectivity index is 1.44. The second-order valence-corrected chi connectivity index (χ2v) is 10.3. The lowest BCUT2D eigenvalue weighted by Crippen LogP contribution is -2.51. The Hall–Kier alpha value is -2.83. The van der Waals surface area contributed by atoms with Crippen molar-refractivity contribution in [2.24, 2.45) is 5.41 Å². The zero-order valence-corrected chi connectivity index (χ0v) is 20.1. The first kappa shape index (κ1) is 22.0. The number of amides is 1. The number of rotatable bonds is 5. The van der Waals surface area contributed by atoms with E-state index in [0.29, 0.717) is 12.4 Å². The number of ether oxygens (including phenoxy) is 1. The molecular weight excluding hydrogens is 414 g/mol. The van der Waals surface area contributed by atoms with Crippen LogP contribution in [0.25, 0.3) is 0 Å². The van der Waals surface area contributed by atoms with Gasteiger partial charge in [-0.25, -0.2) is 4.98 Å². The molecule has 1 aromatic carbocycles. The minimum Gasteiger partial charge on any atom is -0.494 e. The Morgan fingerprint density at radius 1 is 1.09 bits per heavy atom. The Morgan fingerprint density at radius 2 is 1.85 bits per heavy atom. The first-order chi connectivity index (χ1) is 16.0. The van der Waals surface area contributed by atoms with Crippen LogP contribution in [0.1, 0.15) is 64.4 Å². The number of piperidine rings is 1. The standard InChI is InChI=1S/C26H35N5O2/c1-26(2)16-18-17-27-25(29-23(18)31(24(26)32)19-9-5-6-10-19)28-21-12-11-20(15-22(21)33-3)30-13-7-4-8-14-30/h11-12,15,17,19H,4-10,13-14,16H2,1-3H3,(H,27,28,29). The predicted molar refractivity (Wildman–Crippen MR) is 132 cm³/mol. The molecule has 7 heteroatoms. The number of fused-ring (bicyclic) bond motifs is 1. The summed E-state index contributed by atoms with van der Waals surface area (Å²) in [7, 11) is 1.69. The minimum absolute atomic E-state index is 0.176. The van der Waals surface area contributed by atoms with E-state index in [1.54, 1.807) is 7.11 Å². The number of hydrogen-bond acceptors (Lipinski definition) is 6. The van der Waals surface area contributed by atoms with Gasteiger partial charge < -0.3 is 15.0 Å². The SMILES string of the molecule is COc1cc(N2CCCCC2)ccc1Nc1ncc2c(n1)N(C1CCCC1)C(=O)C(C)(C)C2. The van der Waals surface area contributed by atoms with Gasteiger partial charge >= 0.3 is 0 Å². The van der Waals surface area contributed by atoms with Gasteiger partial charge in [-0.3, -0.25) is 9.69 Å². The smallest absolute Gasteiger partial charge is 0.234 e. The van der Waals surface area contributed by atoms with Gasteiger partial charge in [-0.05, 0) is 50.7 Å². The van der Waals surface area contributed by atoms with E-state index in [-0.39, 0.29) is 11.9 Å². The lowest BCUT2D eigenvalue weighted by molar-refractivity contribution is -0.127. The summed E-state index contributed by atoms with van der Waals surface area (Å²) in [5, 5.41) is 3.35. The molecule has 5 rings (SSSR count). The summed E-state index contributed by atoms with van der Waals surface area (Å²) in [6.45, 7) is 6.23. The van der Waals surface area contributed by atoms with Crippen LogP contribution in [-0.4, -0.2) is 42.1 Å². The van der Waals surface area contributed by atoms with Gasteiger partial charge in [0, 0.05) is 48.1 Å². The molecule has 0 radical (unpaired) electrons. The van der Waals surface area contributed by atoms with Crippen LogP contribution >= 0.6 is 0 Å². The van der Waals surface area contributed by atoms with Crippen LogP contribution in [0.4, 0.5) is 23.1 Å². The van der Waals surface area contributed by atoms with Crippen LogP contribution in [-0.2, 0) is 11.2 Å². The third-order valence-electron chi connectivity index (χ3n) is 7.34. The number of methoxy groups -OCH3 is 1. The molecule has 1 saturated heterocycles. The highest BCUT2D eigenvalue weighted by Crippen LogP contribution is 2.41. The van der Waals surface area contributed by atoms with Crippen molar-refractivity contribution in [1.82, 2.24) is 9.97 Å². The maximum Gasteiger partial charge on any atom is 0.234 e. The lowest BCUT2D eigenvalue weighted by atomic mass is 9.81. The molecule has 1 N–H and O–H groups in total. The van der Waals surface area contributed by atoms with Gasteiger partial charge in [0.05, 0.1) is 12.8 Å². The van der Waals surface area contributed by atoms with Gasteiger partial charge in [-0.15, -0.1) is 0 Å². The highest BCUT2D eigenvalue weighted by atomic mass is 16.5. The van der Waals surface area contributed by atoms with Crippen LogP contribution in [0.15, 0.2) is 24.4 Å². The van der Waals surface area contributed by atoms with Crippen molar-refractivity contribution in [2.75, 3.05) is 35.3 Å². The molecule has 0 bridgehead atoms. The molecule has 1 aromatic heterocycles. The van der Waals surface area contributed by atoms with Crippen LogP contribution in [0.2, 0.25) is 0 Å². The fourth-order valence-corrected chi connectivity index (χ4v) is 5.52. The first-order valence-electron chi connectivity index (χ1n) is 12.4. The molecule has 1 amide bonds. The fraction of sp³-hybridized carbons (Fsp3) is 0.577. The zero-order valence-electron chi connectivity index (χ0n) is 20.1. The molecule has 0 atom stereocenters. The van der Waals surface area contributed by atoms with E-state index in [4.69, 9.17) is 9.72 Å². The Kier molecular flexibility index (Phi) is 5.89. The Labute approximate surface area is 196 Å². The molecule has 1 aliphatic carbocycles. The van der Waals surface area contributed by atoms with E-state index in [9.17, 15) is 4.79 Å². The number of carbonyl (C=O) groups is 1. The molecule has 1 saturated carbocycles. The molecule has 0 unspecified atom stereocenters. The summed E-state index contributed by atoms with van der Waals surface area (Å²) >= 11 is 0. The maximum atomic E-state index is 13.4. The van der Waals surface area contributed by atoms with Crippen molar-refractivity contribution in [3.8, 4) is 5.75 Å². The Bertz CT molecular complexity index is 1030. The maximum absolute atomic E-state index is 13.4. The number of aromatic nitrogens is 2. The molecular formula is C26H35N5O2.